The van der Waals surface area contributed by atoms with Crippen molar-refractivity contribution in [1.29, 1.82) is 0 Å². The lowest BCUT2D eigenvalue weighted by molar-refractivity contribution is 0.171. The summed E-state index contributed by atoms with van der Waals surface area (Å²) in [6.45, 7) is 1.94. The number of nitrogens with two attached hydrogens (primary N) is 1. The maximum Gasteiger partial charge on any atom is 0.0498 e. The second kappa shape index (κ2) is 1.96. The number of ether oxygens (including phenoxy) is 1. The highest BCUT2D eigenvalue weighted by Gasteiger charge is 2.36. The Kier molecular flexibility index (Phi) is 1.24. The second-order valence-corrected chi connectivity index (χ2v) is 3.29. The molecule has 0 unspecified atom stereocenters. The molecule has 0 bridgehead atoms. The third kappa shape index (κ3) is 0.864. The molecule has 0 aromatic heterocycles. The van der Waals surface area contributed by atoms with Crippen LogP contribution in [0.5, 0.6) is 0 Å². The SMILES string of the molecule is NC1C[C@@H]2COC[C@H]2C1. The molecule has 2 heteroatoms. The van der Waals surface area contributed by atoms with Gasteiger partial charge in [0.2, 0.25) is 0 Å². The minimum Gasteiger partial charge on any atom is -0.381 e. The van der Waals surface area contributed by atoms with Gasteiger partial charge in [0.15, 0.2) is 0 Å². The van der Waals surface area contributed by atoms with E-state index >= 15 is 0 Å². The molecule has 0 aromatic carbocycles. The average molecular weight is 127 g/mol. The molecule has 0 aromatic rings. The largest absolute Gasteiger partial charge is 0.381 e. The average Bonchev–Trinajstić information content (AvgIpc) is 2.22. The fourth-order valence-electron chi connectivity index (χ4n) is 2.04. The first kappa shape index (κ1) is 5.69. The quantitative estimate of drug-likeness (QED) is 0.510. The first-order chi connectivity index (χ1) is 4.36. The van der Waals surface area contributed by atoms with Crippen LogP contribution in [-0.2, 0) is 4.74 Å². The molecule has 2 fully saturated rings. The van der Waals surface area contributed by atoms with Gasteiger partial charge in [0.05, 0.1) is 0 Å². The van der Waals surface area contributed by atoms with E-state index in [9.17, 15) is 0 Å². The summed E-state index contributed by atoms with van der Waals surface area (Å²) in [5, 5.41) is 0. The molecule has 1 saturated heterocycles. The molecule has 2 rings (SSSR count). The van der Waals surface area contributed by atoms with Crippen LogP contribution in [0.4, 0.5) is 0 Å². The summed E-state index contributed by atoms with van der Waals surface area (Å²) < 4.78 is 5.30. The van der Waals surface area contributed by atoms with E-state index in [0.717, 1.165) is 25.0 Å². The standard InChI is InChI=1S/C7H13NO/c8-7-1-5-3-9-4-6(5)2-7/h5-7H,1-4,8H2/t5-,6-/m1/s1. The topological polar surface area (TPSA) is 35.2 Å². The number of fused-ring (bicyclic) bond motifs is 1. The van der Waals surface area contributed by atoms with Crippen LogP contribution >= 0.6 is 0 Å². The van der Waals surface area contributed by atoms with Gasteiger partial charge in [0, 0.05) is 19.3 Å². The summed E-state index contributed by atoms with van der Waals surface area (Å²) in [6.07, 6.45) is 2.40. The first-order valence-electron chi connectivity index (χ1n) is 3.69. The number of hydrogen-bond acceptors (Lipinski definition) is 2. The van der Waals surface area contributed by atoms with Gasteiger partial charge < -0.3 is 10.5 Å². The maximum absolute atomic E-state index is 5.77. The molecule has 1 aliphatic carbocycles. The fourth-order valence-corrected chi connectivity index (χ4v) is 2.04. The summed E-state index contributed by atoms with van der Waals surface area (Å²) in [5.74, 6) is 1.61. The lowest BCUT2D eigenvalue weighted by atomic mass is 10.0. The molecule has 9 heavy (non-hydrogen) atoms. The van der Waals surface area contributed by atoms with Gasteiger partial charge in [-0.1, -0.05) is 0 Å². The van der Waals surface area contributed by atoms with Crippen LogP contribution in [0.1, 0.15) is 12.8 Å². The van der Waals surface area contributed by atoms with E-state index in [4.69, 9.17) is 10.5 Å². The minimum absolute atomic E-state index is 0.476. The van der Waals surface area contributed by atoms with Crippen LogP contribution in [0.2, 0.25) is 0 Å². The Morgan fingerprint density at radius 3 is 2.22 bits per heavy atom. The van der Waals surface area contributed by atoms with Crippen LogP contribution in [0.15, 0.2) is 0 Å². The van der Waals surface area contributed by atoms with Gasteiger partial charge >= 0.3 is 0 Å². The van der Waals surface area contributed by atoms with Crippen molar-refractivity contribution in [3.05, 3.63) is 0 Å². The van der Waals surface area contributed by atoms with Gasteiger partial charge in [-0.2, -0.15) is 0 Å². The Balaban J connectivity index is 2.02. The summed E-state index contributed by atoms with van der Waals surface area (Å²) >= 11 is 0. The van der Waals surface area contributed by atoms with Crippen molar-refractivity contribution in [3.63, 3.8) is 0 Å². The third-order valence-corrected chi connectivity index (χ3v) is 2.54. The summed E-state index contributed by atoms with van der Waals surface area (Å²) in [6, 6.07) is 0.476. The van der Waals surface area contributed by atoms with Gasteiger partial charge in [0.1, 0.15) is 0 Å². The molecule has 1 saturated carbocycles. The normalized spacial score (nSPS) is 43.7. The zero-order valence-electron chi connectivity index (χ0n) is 5.55. The molecule has 0 amide bonds. The Morgan fingerprint density at radius 2 is 1.67 bits per heavy atom. The van der Waals surface area contributed by atoms with Crippen LogP contribution in [-0.4, -0.2) is 19.3 Å². The molecular weight excluding hydrogens is 114 g/mol. The summed E-state index contributed by atoms with van der Waals surface area (Å²) in [5.41, 5.74) is 5.77. The van der Waals surface area contributed by atoms with E-state index in [1.54, 1.807) is 0 Å². The second-order valence-electron chi connectivity index (χ2n) is 3.29. The van der Waals surface area contributed by atoms with Crippen LogP contribution in [0.3, 0.4) is 0 Å². The number of rotatable bonds is 0. The molecule has 2 aliphatic rings. The Labute approximate surface area is 55.4 Å². The highest BCUT2D eigenvalue weighted by Crippen LogP contribution is 2.35. The fraction of sp³-hybridized carbons (Fsp3) is 1.00. The monoisotopic (exact) mass is 127 g/mol. The molecule has 2 atom stereocenters. The molecule has 52 valence electrons. The summed E-state index contributed by atoms with van der Waals surface area (Å²) in [7, 11) is 0. The summed E-state index contributed by atoms with van der Waals surface area (Å²) in [4.78, 5) is 0. The van der Waals surface area contributed by atoms with Crippen LogP contribution < -0.4 is 5.73 Å². The van der Waals surface area contributed by atoms with E-state index in [-0.39, 0.29) is 0 Å². The van der Waals surface area contributed by atoms with Gasteiger partial charge in [0.25, 0.3) is 0 Å². The molecule has 2 nitrogen and oxygen atoms in total. The van der Waals surface area contributed by atoms with Gasteiger partial charge in [-0.05, 0) is 24.7 Å². The van der Waals surface area contributed by atoms with Crippen molar-refractivity contribution in [2.45, 2.75) is 18.9 Å². The van der Waals surface area contributed by atoms with E-state index in [1.807, 2.05) is 0 Å². The van der Waals surface area contributed by atoms with Crippen LogP contribution in [0.25, 0.3) is 0 Å². The lowest BCUT2D eigenvalue weighted by Crippen LogP contribution is -2.16. The zero-order valence-corrected chi connectivity index (χ0v) is 5.55. The van der Waals surface area contributed by atoms with Crippen molar-refractivity contribution in [3.8, 4) is 0 Å². The highest BCUT2D eigenvalue weighted by molar-refractivity contribution is 4.88. The van der Waals surface area contributed by atoms with E-state index in [0.29, 0.717) is 6.04 Å². The van der Waals surface area contributed by atoms with Crippen molar-refractivity contribution in [2.75, 3.05) is 13.2 Å². The molecular formula is C7H13NO. The Hall–Kier alpha value is -0.0800. The third-order valence-electron chi connectivity index (χ3n) is 2.54. The van der Waals surface area contributed by atoms with Crippen molar-refractivity contribution in [2.24, 2.45) is 17.6 Å². The molecule has 2 N–H and O–H groups in total. The van der Waals surface area contributed by atoms with E-state index in [1.165, 1.54) is 12.8 Å². The predicted octanol–water partition coefficient (Wildman–Crippen LogP) is 0.370. The zero-order chi connectivity index (χ0) is 6.27. The highest BCUT2D eigenvalue weighted by atomic mass is 16.5. The smallest absolute Gasteiger partial charge is 0.0498 e. The van der Waals surface area contributed by atoms with E-state index in [2.05, 4.69) is 0 Å². The van der Waals surface area contributed by atoms with Crippen LogP contribution in [0, 0.1) is 11.8 Å². The number of hydrogen-bond donors (Lipinski definition) is 1. The molecule has 0 radical (unpaired) electrons. The van der Waals surface area contributed by atoms with Crippen molar-refractivity contribution < 1.29 is 4.74 Å². The van der Waals surface area contributed by atoms with E-state index < -0.39 is 0 Å². The lowest BCUT2D eigenvalue weighted by Gasteiger charge is -2.01. The van der Waals surface area contributed by atoms with Crippen molar-refractivity contribution in [1.82, 2.24) is 0 Å². The maximum atomic E-state index is 5.77. The van der Waals surface area contributed by atoms with Gasteiger partial charge in [-0.15, -0.1) is 0 Å². The van der Waals surface area contributed by atoms with Gasteiger partial charge in [-0.25, -0.2) is 0 Å². The molecule has 1 aliphatic heterocycles. The molecule has 1 heterocycles. The predicted molar refractivity (Wildman–Crippen MR) is 35.0 cm³/mol. The Morgan fingerprint density at radius 1 is 1.11 bits per heavy atom. The van der Waals surface area contributed by atoms with Crippen molar-refractivity contribution >= 4 is 0 Å². The van der Waals surface area contributed by atoms with Gasteiger partial charge in [-0.3, -0.25) is 0 Å². The molecule has 0 spiro atoms. The minimum atomic E-state index is 0.476. The first-order valence-corrected chi connectivity index (χ1v) is 3.69. The Bertz CT molecular complexity index is 103.